The van der Waals surface area contributed by atoms with Crippen LogP contribution in [-0.4, -0.2) is 29.7 Å². The quantitative estimate of drug-likeness (QED) is 0.829. The first kappa shape index (κ1) is 17.7. The summed E-state index contributed by atoms with van der Waals surface area (Å²) < 4.78 is 5.18. The van der Waals surface area contributed by atoms with Crippen LogP contribution in [0.3, 0.4) is 0 Å². The molecule has 0 aromatic rings. The van der Waals surface area contributed by atoms with Gasteiger partial charge in [-0.15, -0.1) is 0 Å². The van der Waals surface area contributed by atoms with Crippen LogP contribution in [-0.2, 0) is 9.53 Å². The summed E-state index contributed by atoms with van der Waals surface area (Å²) in [6.45, 7) is 15.0. The number of amides is 2. The third kappa shape index (κ3) is 8.46. The van der Waals surface area contributed by atoms with E-state index in [4.69, 9.17) is 4.74 Å². The van der Waals surface area contributed by atoms with Crippen molar-refractivity contribution in [2.75, 3.05) is 6.54 Å². The zero-order valence-corrected chi connectivity index (χ0v) is 13.4. The van der Waals surface area contributed by atoms with Crippen LogP contribution in [0.25, 0.3) is 0 Å². The highest BCUT2D eigenvalue weighted by molar-refractivity contribution is 5.81. The number of hydrogen-bond acceptors (Lipinski definition) is 3. The summed E-state index contributed by atoms with van der Waals surface area (Å²) in [7, 11) is 0. The Bertz CT molecular complexity index is 336. The maximum absolute atomic E-state index is 11.8. The van der Waals surface area contributed by atoms with Crippen molar-refractivity contribution in [1.82, 2.24) is 10.6 Å². The van der Waals surface area contributed by atoms with Crippen LogP contribution in [0.2, 0.25) is 0 Å². The van der Waals surface area contributed by atoms with Crippen molar-refractivity contribution >= 4 is 12.0 Å². The normalized spacial score (nSPS) is 12.8. The lowest BCUT2D eigenvalue weighted by Gasteiger charge is -2.30. The first-order valence-electron chi connectivity index (χ1n) is 6.52. The lowest BCUT2D eigenvalue weighted by molar-refractivity contribution is -0.128. The summed E-state index contributed by atoms with van der Waals surface area (Å²) in [5.74, 6) is -0.0495. The molecule has 0 bridgehead atoms. The molecule has 0 fully saturated rings. The lowest BCUT2D eigenvalue weighted by Crippen LogP contribution is -2.53. The summed E-state index contributed by atoms with van der Waals surface area (Å²) in [4.78, 5) is 23.4. The predicted molar refractivity (Wildman–Crippen MR) is 75.9 cm³/mol. The van der Waals surface area contributed by atoms with Crippen molar-refractivity contribution in [1.29, 1.82) is 0 Å². The van der Waals surface area contributed by atoms with E-state index in [9.17, 15) is 9.59 Å². The topological polar surface area (TPSA) is 67.4 Å². The van der Waals surface area contributed by atoms with Gasteiger partial charge in [0.25, 0.3) is 0 Å². The van der Waals surface area contributed by atoms with Gasteiger partial charge in [-0.3, -0.25) is 4.79 Å². The molecule has 0 heterocycles. The monoisotopic (exact) mass is 272 g/mol. The Morgan fingerprint density at radius 2 is 1.42 bits per heavy atom. The third-order valence-corrected chi connectivity index (χ3v) is 2.21. The molecule has 0 radical (unpaired) electrons. The van der Waals surface area contributed by atoms with Crippen molar-refractivity contribution in [3.05, 3.63) is 0 Å². The zero-order chi connectivity index (χ0) is 15.5. The minimum absolute atomic E-state index is 0.0495. The largest absolute Gasteiger partial charge is 0.444 e. The zero-order valence-electron chi connectivity index (χ0n) is 13.4. The molecular formula is C14H28N2O3. The predicted octanol–water partition coefficient (Wildman–Crippen LogP) is 2.45. The SMILES string of the molecule is CC(C)(CNC(=O)C(C)(C)C)NC(=O)OC(C)(C)C. The van der Waals surface area contributed by atoms with E-state index in [1.807, 2.05) is 34.6 Å². The molecule has 0 aromatic carbocycles. The Balaban J connectivity index is 4.34. The van der Waals surface area contributed by atoms with Crippen molar-refractivity contribution in [2.45, 2.75) is 66.5 Å². The molecular weight excluding hydrogens is 244 g/mol. The Kier molecular flexibility index (Phi) is 5.42. The second-order valence-corrected chi connectivity index (χ2v) is 7.44. The molecule has 0 aliphatic rings. The third-order valence-electron chi connectivity index (χ3n) is 2.21. The van der Waals surface area contributed by atoms with Gasteiger partial charge in [0.05, 0.1) is 5.54 Å². The molecule has 0 saturated heterocycles. The van der Waals surface area contributed by atoms with Gasteiger partial charge in [0, 0.05) is 12.0 Å². The fraction of sp³-hybridized carbons (Fsp3) is 0.857. The van der Waals surface area contributed by atoms with E-state index in [1.165, 1.54) is 0 Å². The second kappa shape index (κ2) is 5.80. The fourth-order valence-electron chi connectivity index (χ4n) is 1.19. The van der Waals surface area contributed by atoms with E-state index in [0.29, 0.717) is 6.54 Å². The van der Waals surface area contributed by atoms with Crippen LogP contribution >= 0.6 is 0 Å². The van der Waals surface area contributed by atoms with E-state index in [1.54, 1.807) is 20.8 Å². The van der Waals surface area contributed by atoms with Gasteiger partial charge >= 0.3 is 6.09 Å². The summed E-state index contributed by atoms with van der Waals surface area (Å²) in [5.41, 5.74) is -1.54. The molecule has 0 aliphatic heterocycles. The van der Waals surface area contributed by atoms with Gasteiger partial charge < -0.3 is 15.4 Å². The molecule has 19 heavy (non-hydrogen) atoms. The van der Waals surface area contributed by atoms with Crippen LogP contribution < -0.4 is 10.6 Å². The number of ether oxygens (including phenoxy) is 1. The number of carbonyl (C=O) groups excluding carboxylic acids is 2. The molecule has 2 amide bonds. The molecule has 0 atom stereocenters. The Morgan fingerprint density at radius 3 is 1.79 bits per heavy atom. The number of carbonyl (C=O) groups is 2. The Morgan fingerprint density at radius 1 is 0.947 bits per heavy atom. The van der Waals surface area contributed by atoms with Gasteiger partial charge in [0.2, 0.25) is 5.91 Å². The number of hydrogen-bond donors (Lipinski definition) is 2. The van der Waals surface area contributed by atoms with Gasteiger partial charge in [0.1, 0.15) is 5.60 Å². The minimum atomic E-state index is -0.566. The molecule has 5 nitrogen and oxygen atoms in total. The molecule has 0 aromatic heterocycles. The van der Waals surface area contributed by atoms with E-state index < -0.39 is 22.6 Å². The minimum Gasteiger partial charge on any atom is -0.444 e. The molecule has 2 N–H and O–H groups in total. The Labute approximate surface area is 116 Å². The highest BCUT2D eigenvalue weighted by Crippen LogP contribution is 2.13. The van der Waals surface area contributed by atoms with Crippen molar-refractivity contribution in [3.8, 4) is 0 Å². The average Bonchev–Trinajstić information content (AvgIpc) is 2.08. The summed E-state index contributed by atoms with van der Waals surface area (Å²) in [6, 6.07) is 0. The van der Waals surface area contributed by atoms with Crippen molar-refractivity contribution in [2.24, 2.45) is 5.41 Å². The molecule has 0 aliphatic carbocycles. The molecule has 112 valence electrons. The first-order chi connectivity index (χ1) is 8.23. The van der Waals surface area contributed by atoms with Crippen LogP contribution in [0, 0.1) is 5.41 Å². The molecule has 0 rings (SSSR count). The van der Waals surface area contributed by atoms with Crippen LogP contribution in [0.1, 0.15) is 55.4 Å². The summed E-state index contributed by atoms with van der Waals surface area (Å²) in [5, 5.41) is 5.57. The van der Waals surface area contributed by atoms with E-state index in [-0.39, 0.29) is 5.91 Å². The maximum atomic E-state index is 11.8. The summed E-state index contributed by atoms with van der Waals surface area (Å²) in [6.07, 6.45) is -0.484. The molecule has 0 saturated carbocycles. The molecule has 0 spiro atoms. The smallest absolute Gasteiger partial charge is 0.408 e. The first-order valence-corrected chi connectivity index (χ1v) is 6.52. The number of nitrogens with one attached hydrogen (secondary N) is 2. The van der Waals surface area contributed by atoms with Crippen LogP contribution in [0.15, 0.2) is 0 Å². The van der Waals surface area contributed by atoms with Crippen molar-refractivity contribution < 1.29 is 14.3 Å². The fourth-order valence-corrected chi connectivity index (χ4v) is 1.19. The second-order valence-electron chi connectivity index (χ2n) is 7.44. The van der Waals surface area contributed by atoms with Gasteiger partial charge in [-0.25, -0.2) is 4.79 Å². The molecule has 5 heteroatoms. The lowest BCUT2D eigenvalue weighted by atomic mass is 9.95. The van der Waals surface area contributed by atoms with Gasteiger partial charge in [-0.05, 0) is 34.6 Å². The highest BCUT2D eigenvalue weighted by atomic mass is 16.6. The van der Waals surface area contributed by atoms with E-state index >= 15 is 0 Å². The van der Waals surface area contributed by atoms with Crippen molar-refractivity contribution in [3.63, 3.8) is 0 Å². The van der Waals surface area contributed by atoms with E-state index in [2.05, 4.69) is 10.6 Å². The van der Waals surface area contributed by atoms with Gasteiger partial charge in [0.15, 0.2) is 0 Å². The standard InChI is InChI=1S/C14H28N2O3/c1-12(2,3)10(17)15-9-14(7,8)16-11(18)19-13(4,5)6/h9H2,1-8H3,(H,15,17)(H,16,18). The maximum Gasteiger partial charge on any atom is 0.408 e. The van der Waals surface area contributed by atoms with Gasteiger partial charge in [-0.2, -0.15) is 0 Å². The highest BCUT2D eigenvalue weighted by Gasteiger charge is 2.27. The van der Waals surface area contributed by atoms with E-state index in [0.717, 1.165) is 0 Å². The molecule has 0 unspecified atom stereocenters. The average molecular weight is 272 g/mol. The Hall–Kier alpha value is -1.26. The van der Waals surface area contributed by atoms with Crippen LogP contribution in [0.5, 0.6) is 0 Å². The number of rotatable bonds is 3. The number of alkyl carbamates (subject to hydrolysis) is 1. The van der Waals surface area contributed by atoms with Gasteiger partial charge in [-0.1, -0.05) is 20.8 Å². The van der Waals surface area contributed by atoms with Crippen LogP contribution in [0.4, 0.5) is 4.79 Å². The summed E-state index contributed by atoms with van der Waals surface area (Å²) >= 11 is 0.